The summed E-state index contributed by atoms with van der Waals surface area (Å²) in [5.74, 6) is 0.782. The van der Waals surface area contributed by atoms with Crippen molar-refractivity contribution in [2.45, 2.75) is 26.4 Å². The molecule has 0 saturated heterocycles. The summed E-state index contributed by atoms with van der Waals surface area (Å²) in [6.07, 6.45) is 0.984. The maximum atomic E-state index is 11.4. The predicted octanol–water partition coefficient (Wildman–Crippen LogP) is 1.49. The second-order valence-electron chi connectivity index (χ2n) is 4.55. The average molecular weight is 255 g/mol. The summed E-state index contributed by atoms with van der Waals surface area (Å²) < 4.78 is 10.3. The van der Waals surface area contributed by atoms with Crippen molar-refractivity contribution < 1.29 is 19.1 Å². The van der Waals surface area contributed by atoms with E-state index in [1.165, 1.54) is 6.26 Å². The van der Waals surface area contributed by atoms with Gasteiger partial charge in [-0.1, -0.05) is 13.8 Å². The second-order valence-corrected chi connectivity index (χ2v) is 4.55. The molecule has 2 N–H and O–H groups in total. The minimum atomic E-state index is -0.805. The van der Waals surface area contributed by atoms with Gasteiger partial charge in [-0.15, -0.1) is 0 Å². The first-order valence-electron chi connectivity index (χ1n) is 6.15. The number of furan rings is 1. The molecule has 18 heavy (non-hydrogen) atoms. The van der Waals surface area contributed by atoms with Gasteiger partial charge in [-0.25, -0.2) is 0 Å². The lowest BCUT2D eigenvalue weighted by Gasteiger charge is -2.10. The number of amides is 1. The molecule has 102 valence electrons. The first-order valence-corrected chi connectivity index (χ1v) is 6.15. The Morgan fingerprint density at radius 3 is 2.94 bits per heavy atom. The summed E-state index contributed by atoms with van der Waals surface area (Å²) in [7, 11) is 0. The maximum Gasteiger partial charge on any atom is 0.222 e. The standard InChI is InChI=1S/C13H21NO4/c1-10(2)9-17-7-5-13(16)14-8-11(15)12-4-3-6-18-12/h3-4,6,10-11,15H,5,7-9H2,1-2H3,(H,14,16). The second kappa shape index (κ2) is 7.89. The molecule has 0 spiro atoms. The van der Waals surface area contributed by atoms with Gasteiger partial charge in [0.2, 0.25) is 5.91 Å². The van der Waals surface area contributed by atoms with Gasteiger partial charge in [0.15, 0.2) is 0 Å². The molecule has 5 heteroatoms. The molecule has 1 atom stereocenters. The average Bonchev–Trinajstić information content (AvgIpc) is 2.85. The summed E-state index contributed by atoms with van der Waals surface area (Å²) in [4.78, 5) is 11.4. The van der Waals surface area contributed by atoms with Crippen LogP contribution >= 0.6 is 0 Å². The number of nitrogens with one attached hydrogen (secondary N) is 1. The molecule has 1 aromatic heterocycles. The summed E-state index contributed by atoms with van der Waals surface area (Å²) >= 11 is 0. The van der Waals surface area contributed by atoms with Gasteiger partial charge in [0.05, 0.1) is 19.4 Å². The van der Waals surface area contributed by atoms with Crippen molar-refractivity contribution >= 4 is 5.91 Å². The molecule has 0 aliphatic carbocycles. The maximum absolute atomic E-state index is 11.4. The molecule has 1 amide bonds. The monoisotopic (exact) mass is 255 g/mol. The third-order valence-corrected chi connectivity index (χ3v) is 2.29. The van der Waals surface area contributed by atoms with Crippen LogP contribution in [0, 0.1) is 5.92 Å². The quantitative estimate of drug-likeness (QED) is 0.690. The number of carbonyl (C=O) groups is 1. The summed E-state index contributed by atoms with van der Waals surface area (Å²) in [5, 5.41) is 12.3. The number of carbonyl (C=O) groups excluding carboxylic acids is 1. The van der Waals surface area contributed by atoms with Crippen LogP contribution in [0.2, 0.25) is 0 Å². The molecule has 0 saturated carbocycles. The van der Waals surface area contributed by atoms with Gasteiger partial charge in [0.1, 0.15) is 11.9 Å². The predicted molar refractivity (Wildman–Crippen MR) is 67.0 cm³/mol. The van der Waals surface area contributed by atoms with Crippen LogP contribution in [-0.2, 0) is 9.53 Å². The molecule has 1 unspecified atom stereocenters. The Kier molecular flexibility index (Phi) is 6.46. The van der Waals surface area contributed by atoms with Crippen LogP contribution in [0.15, 0.2) is 22.8 Å². The lowest BCUT2D eigenvalue weighted by atomic mass is 10.2. The van der Waals surface area contributed by atoms with Crippen molar-refractivity contribution in [2.75, 3.05) is 19.8 Å². The highest BCUT2D eigenvalue weighted by atomic mass is 16.5. The van der Waals surface area contributed by atoms with Gasteiger partial charge in [0, 0.05) is 13.0 Å². The Bertz CT molecular complexity index is 335. The lowest BCUT2D eigenvalue weighted by molar-refractivity contribution is -0.122. The number of ether oxygens (including phenoxy) is 1. The van der Waals surface area contributed by atoms with E-state index in [2.05, 4.69) is 19.2 Å². The zero-order valence-corrected chi connectivity index (χ0v) is 10.9. The largest absolute Gasteiger partial charge is 0.467 e. The highest BCUT2D eigenvalue weighted by Crippen LogP contribution is 2.11. The number of aliphatic hydroxyl groups excluding tert-OH is 1. The van der Waals surface area contributed by atoms with E-state index in [0.717, 1.165) is 0 Å². The highest BCUT2D eigenvalue weighted by Gasteiger charge is 2.11. The number of rotatable bonds is 8. The lowest BCUT2D eigenvalue weighted by Crippen LogP contribution is -2.29. The van der Waals surface area contributed by atoms with Crippen LogP contribution in [0.3, 0.4) is 0 Å². The van der Waals surface area contributed by atoms with Crippen molar-refractivity contribution in [2.24, 2.45) is 5.92 Å². The van der Waals surface area contributed by atoms with Crippen molar-refractivity contribution in [1.29, 1.82) is 0 Å². The minimum absolute atomic E-state index is 0.135. The van der Waals surface area contributed by atoms with Crippen molar-refractivity contribution in [3.63, 3.8) is 0 Å². The van der Waals surface area contributed by atoms with E-state index in [9.17, 15) is 9.90 Å². The molecule has 5 nitrogen and oxygen atoms in total. The number of hydrogen-bond acceptors (Lipinski definition) is 4. The van der Waals surface area contributed by atoms with Gasteiger partial charge < -0.3 is 19.6 Å². The van der Waals surface area contributed by atoms with E-state index < -0.39 is 6.10 Å². The summed E-state index contributed by atoms with van der Waals surface area (Å²) in [6.45, 7) is 5.32. The van der Waals surface area contributed by atoms with E-state index >= 15 is 0 Å². The first kappa shape index (κ1) is 14.7. The molecule has 1 aromatic rings. The normalized spacial score (nSPS) is 12.7. The Labute approximate surface area is 107 Å². The Balaban J connectivity index is 2.10. The van der Waals surface area contributed by atoms with Gasteiger partial charge >= 0.3 is 0 Å². The van der Waals surface area contributed by atoms with Crippen molar-refractivity contribution in [3.8, 4) is 0 Å². The summed E-state index contributed by atoms with van der Waals surface area (Å²) in [6, 6.07) is 3.36. The fourth-order valence-corrected chi connectivity index (χ4v) is 1.36. The van der Waals surface area contributed by atoms with Crippen LogP contribution in [0.25, 0.3) is 0 Å². The summed E-state index contributed by atoms with van der Waals surface area (Å²) in [5.41, 5.74) is 0. The molecular weight excluding hydrogens is 234 g/mol. The van der Waals surface area contributed by atoms with Gasteiger partial charge in [0.25, 0.3) is 0 Å². The number of aliphatic hydroxyl groups is 1. The van der Waals surface area contributed by atoms with E-state index in [1.807, 2.05) is 0 Å². The molecule has 0 bridgehead atoms. The smallest absolute Gasteiger partial charge is 0.222 e. The Morgan fingerprint density at radius 1 is 1.56 bits per heavy atom. The molecule has 0 fully saturated rings. The van der Waals surface area contributed by atoms with Gasteiger partial charge in [-0.3, -0.25) is 4.79 Å². The molecule has 0 radical (unpaired) electrons. The van der Waals surface area contributed by atoms with Crippen molar-refractivity contribution in [3.05, 3.63) is 24.2 Å². The van der Waals surface area contributed by atoms with Crippen LogP contribution in [0.4, 0.5) is 0 Å². The fraction of sp³-hybridized carbons (Fsp3) is 0.615. The Morgan fingerprint density at radius 2 is 2.33 bits per heavy atom. The van der Waals surface area contributed by atoms with E-state index in [1.54, 1.807) is 12.1 Å². The zero-order valence-electron chi connectivity index (χ0n) is 10.9. The van der Waals surface area contributed by atoms with Crippen LogP contribution < -0.4 is 5.32 Å². The third kappa shape index (κ3) is 5.84. The zero-order chi connectivity index (χ0) is 13.4. The Hall–Kier alpha value is -1.33. The molecule has 0 aromatic carbocycles. The highest BCUT2D eigenvalue weighted by molar-refractivity contribution is 5.75. The molecule has 1 rings (SSSR count). The molecule has 0 aliphatic rings. The topological polar surface area (TPSA) is 71.7 Å². The molecule has 0 aliphatic heterocycles. The van der Waals surface area contributed by atoms with Gasteiger partial charge in [-0.2, -0.15) is 0 Å². The molecular formula is C13H21NO4. The molecule has 1 heterocycles. The minimum Gasteiger partial charge on any atom is -0.467 e. The fourth-order valence-electron chi connectivity index (χ4n) is 1.36. The van der Waals surface area contributed by atoms with E-state index in [-0.39, 0.29) is 12.5 Å². The van der Waals surface area contributed by atoms with Gasteiger partial charge in [-0.05, 0) is 18.1 Å². The van der Waals surface area contributed by atoms with Crippen molar-refractivity contribution in [1.82, 2.24) is 5.32 Å². The van der Waals surface area contributed by atoms with Crippen LogP contribution in [0.5, 0.6) is 0 Å². The van der Waals surface area contributed by atoms with Crippen LogP contribution in [0.1, 0.15) is 32.1 Å². The van der Waals surface area contributed by atoms with Crippen LogP contribution in [-0.4, -0.2) is 30.8 Å². The van der Waals surface area contributed by atoms with E-state index in [4.69, 9.17) is 9.15 Å². The number of hydrogen-bond donors (Lipinski definition) is 2. The first-order chi connectivity index (χ1) is 8.59. The third-order valence-electron chi connectivity index (χ3n) is 2.29. The SMILES string of the molecule is CC(C)COCCC(=O)NCC(O)c1ccco1. The van der Waals surface area contributed by atoms with E-state index in [0.29, 0.717) is 31.3 Å².